The third-order valence-corrected chi connectivity index (χ3v) is 2.27. The molecule has 0 fully saturated rings. The van der Waals surface area contributed by atoms with Gasteiger partial charge in [0.1, 0.15) is 12.4 Å². The van der Waals surface area contributed by atoms with Gasteiger partial charge < -0.3 is 9.84 Å². The summed E-state index contributed by atoms with van der Waals surface area (Å²) in [4.78, 5) is 0. The fourth-order valence-corrected chi connectivity index (χ4v) is 1.50. The number of aromatic nitrogens is 2. The number of ether oxygens (including phenoxy) is 1. The minimum atomic E-state index is 0.00278. The van der Waals surface area contributed by atoms with E-state index < -0.39 is 0 Å². The Kier molecular flexibility index (Phi) is 3.22. The van der Waals surface area contributed by atoms with Crippen molar-refractivity contribution in [3.63, 3.8) is 0 Å². The minimum Gasteiger partial charge on any atom is -0.491 e. The van der Waals surface area contributed by atoms with Gasteiger partial charge in [-0.1, -0.05) is 6.07 Å². The topological polar surface area (TPSA) is 58.1 Å². The molecule has 1 heterocycles. The highest BCUT2D eigenvalue weighted by Crippen LogP contribution is 2.24. The van der Waals surface area contributed by atoms with E-state index in [1.807, 2.05) is 25.3 Å². The molecule has 2 aromatic rings. The molecule has 4 nitrogen and oxygen atoms in total. The number of benzene rings is 1. The van der Waals surface area contributed by atoms with Crippen molar-refractivity contribution in [2.75, 3.05) is 13.2 Å². The molecule has 2 N–H and O–H groups in total. The average Bonchev–Trinajstić information content (AvgIpc) is 2.73. The minimum absolute atomic E-state index is 0.00278. The van der Waals surface area contributed by atoms with E-state index in [1.165, 1.54) is 0 Å². The van der Waals surface area contributed by atoms with E-state index in [9.17, 15) is 0 Å². The molecule has 1 aromatic heterocycles. The first kappa shape index (κ1) is 10.7. The molecular formula is C12H13N2O2. The summed E-state index contributed by atoms with van der Waals surface area (Å²) in [5.74, 6) is 0.632. The Morgan fingerprint density at radius 3 is 3.12 bits per heavy atom. The van der Waals surface area contributed by atoms with Crippen molar-refractivity contribution in [1.82, 2.24) is 10.2 Å². The van der Waals surface area contributed by atoms with Gasteiger partial charge in [-0.2, -0.15) is 5.10 Å². The van der Waals surface area contributed by atoms with Crippen LogP contribution in [0.4, 0.5) is 0 Å². The van der Waals surface area contributed by atoms with Crippen LogP contribution in [0, 0.1) is 13.0 Å². The smallest absolute Gasteiger partial charge is 0.128 e. The van der Waals surface area contributed by atoms with E-state index in [2.05, 4.69) is 16.3 Å². The molecule has 0 amide bonds. The van der Waals surface area contributed by atoms with Gasteiger partial charge in [0.05, 0.1) is 12.3 Å². The number of rotatable bonds is 4. The second-order valence-corrected chi connectivity index (χ2v) is 3.40. The monoisotopic (exact) mass is 217 g/mol. The van der Waals surface area contributed by atoms with Crippen LogP contribution >= 0.6 is 0 Å². The fourth-order valence-electron chi connectivity index (χ4n) is 1.50. The van der Waals surface area contributed by atoms with Crippen LogP contribution in [-0.4, -0.2) is 28.5 Å². The standard InChI is InChI=1S/C12H13N2O2/c1-9-12(8-13-14-9)10-3-2-4-11(7-10)16-6-5-15/h2-3,7-8,15H,5-6H2,1H3,(H,13,14). The van der Waals surface area contributed by atoms with Crippen molar-refractivity contribution in [2.24, 2.45) is 0 Å². The van der Waals surface area contributed by atoms with Gasteiger partial charge in [0.15, 0.2) is 0 Å². The highest BCUT2D eigenvalue weighted by Gasteiger charge is 2.05. The number of aromatic amines is 1. The Balaban J connectivity index is 2.26. The molecule has 83 valence electrons. The highest BCUT2D eigenvalue weighted by molar-refractivity contribution is 5.66. The van der Waals surface area contributed by atoms with Crippen molar-refractivity contribution in [3.8, 4) is 16.9 Å². The summed E-state index contributed by atoms with van der Waals surface area (Å²) in [6.45, 7) is 2.23. The molecule has 0 aliphatic heterocycles. The lowest BCUT2D eigenvalue weighted by Gasteiger charge is -2.05. The molecule has 4 heteroatoms. The Hall–Kier alpha value is -1.81. The van der Waals surface area contributed by atoms with Crippen molar-refractivity contribution < 1.29 is 9.84 Å². The maximum atomic E-state index is 8.67. The summed E-state index contributed by atoms with van der Waals surface area (Å²) in [7, 11) is 0. The molecule has 0 spiro atoms. The molecule has 0 bridgehead atoms. The first-order valence-corrected chi connectivity index (χ1v) is 5.07. The Morgan fingerprint density at radius 1 is 1.56 bits per heavy atom. The number of aryl methyl sites for hydroxylation is 1. The van der Waals surface area contributed by atoms with Crippen LogP contribution in [0.3, 0.4) is 0 Å². The largest absolute Gasteiger partial charge is 0.491 e. The van der Waals surface area contributed by atoms with Crippen LogP contribution < -0.4 is 4.74 Å². The molecule has 0 aliphatic rings. The lowest BCUT2D eigenvalue weighted by Crippen LogP contribution is -2.01. The molecule has 0 atom stereocenters. The summed E-state index contributed by atoms with van der Waals surface area (Å²) in [5.41, 5.74) is 3.01. The van der Waals surface area contributed by atoms with E-state index in [0.717, 1.165) is 16.8 Å². The summed E-state index contributed by atoms with van der Waals surface area (Å²) in [5, 5.41) is 15.6. The second-order valence-electron chi connectivity index (χ2n) is 3.40. The normalized spacial score (nSPS) is 10.4. The maximum Gasteiger partial charge on any atom is 0.128 e. The van der Waals surface area contributed by atoms with Gasteiger partial charge in [-0.25, -0.2) is 0 Å². The highest BCUT2D eigenvalue weighted by atomic mass is 16.5. The van der Waals surface area contributed by atoms with Crippen molar-refractivity contribution >= 4 is 0 Å². The van der Waals surface area contributed by atoms with Crippen LogP contribution in [0.5, 0.6) is 5.75 Å². The summed E-state index contributed by atoms with van der Waals surface area (Å²) in [6, 6.07) is 8.59. The van der Waals surface area contributed by atoms with Crippen molar-refractivity contribution in [2.45, 2.75) is 6.92 Å². The van der Waals surface area contributed by atoms with Crippen LogP contribution in [0.1, 0.15) is 5.69 Å². The first-order valence-electron chi connectivity index (χ1n) is 5.07. The third-order valence-electron chi connectivity index (χ3n) is 2.27. The van der Waals surface area contributed by atoms with Gasteiger partial charge in [0, 0.05) is 17.8 Å². The molecule has 0 saturated carbocycles. The Morgan fingerprint density at radius 2 is 2.44 bits per heavy atom. The van der Waals surface area contributed by atoms with E-state index in [-0.39, 0.29) is 13.2 Å². The number of nitrogens with one attached hydrogen (secondary N) is 1. The van der Waals surface area contributed by atoms with E-state index in [4.69, 9.17) is 9.84 Å². The predicted octanol–water partition coefficient (Wildman–Crippen LogP) is 1.56. The van der Waals surface area contributed by atoms with Gasteiger partial charge in [0.2, 0.25) is 0 Å². The summed E-state index contributed by atoms with van der Waals surface area (Å²) in [6.07, 6.45) is 1.85. The van der Waals surface area contributed by atoms with E-state index in [0.29, 0.717) is 5.75 Å². The molecule has 2 rings (SSSR count). The van der Waals surface area contributed by atoms with Gasteiger partial charge >= 0.3 is 0 Å². The molecule has 1 radical (unpaired) electrons. The number of aliphatic hydroxyl groups is 1. The van der Waals surface area contributed by atoms with Crippen molar-refractivity contribution in [3.05, 3.63) is 36.2 Å². The number of aliphatic hydroxyl groups excluding tert-OH is 1. The number of nitrogens with zero attached hydrogens (tertiary/aromatic N) is 1. The van der Waals surface area contributed by atoms with Crippen LogP contribution in [0.25, 0.3) is 11.1 Å². The molecule has 1 aromatic carbocycles. The van der Waals surface area contributed by atoms with E-state index >= 15 is 0 Å². The van der Waals surface area contributed by atoms with Crippen LogP contribution in [0.2, 0.25) is 0 Å². The van der Waals surface area contributed by atoms with Gasteiger partial charge in [0.25, 0.3) is 0 Å². The summed E-state index contributed by atoms with van der Waals surface area (Å²) < 4.78 is 5.30. The SMILES string of the molecule is Cc1n[nH]cc1-c1cc[c]c(OCCO)c1. The maximum absolute atomic E-state index is 8.67. The zero-order chi connectivity index (χ0) is 11.4. The number of H-pyrrole nitrogens is 1. The third kappa shape index (κ3) is 2.23. The zero-order valence-corrected chi connectivity index (χ0v) is 9.03. The van der Waals surface area contributed by atoms with Gasteiger partial charge in [-0.3, -0.25) is 5.10 Å². The van der Waals surface area contributed by atoms with Gasteiger partial charge in [-0.05, 0) is 24.6 Å². The molecule has 0 saturated heterocycles. The predicted molar refractivity (Wildman–Crippen MR) is 60.2 cm³/mol. The molecular weight excluding hydrogens is 204 g/mol. The quantitative estimate of drug-likeness (QED) is 0.817. The average molecular weight is 217 g/mol. The number of hydrogen-bond donors (Lipinski definition) is 2. The lowest BCUT2D eigenvalue weighted by molar-refractivity contribution is 0.201. The van der Waals surface area contributed by atoms with Crippen molar-refractivity contribution in [1.29, 1.82) is 0 Å². The lowest BCUT2D eigenvalue weighted by atomic mass is 10.1. The second kappa shape index (κ2) is 4.81. The molecule has 0 unspecified atom stereocenters. The number of hydrogen-bond acceptors (Lipinski definition) is 3. The summed E-state index contributed by atoms with van der Waals surface area (Å²) >= 11 is 0. The Labute approximate surface area is 93.9 Å². The van der Waals surface area contributed by atoms with E-state index in [1.54, 1.807) is 6.07 Å². The molecule has 16 heavy (non-hydrogen) atoms. The van der Waals surface area contributed by atoms with Crippen LogP contribution in [0.15, 0.2) is 24.4 Å². The fraction of sp³-hybridized carbons (Fsp3) is 0.250. The zero-order valence-electron chi connectivity index (χ0n) is 9.03. The first-order chi connectivity index (χ1) is 7.81. The van der Waals surface area contributed by atoms with Crippen LogP contribution in [-0.2, 0) is 0 Å². The molecule has 0 aliphatic carbocycles. The van der Waals surface area contributed by atoms with Gasteiger partial charge in [-0.15, -0.1) is 0 Å². The Bertz CT molecular complexity index is 466.